The molecule has 0 spiro atoms. The van der Waals surface area contributed by atoms with Crippen molar-refractivity contribution in [1.29, 1.82) is 0 Å². The molecular weight excluding hydrogens is 404 g/mol. The number of sulfonamides is 1. The maximum Gasteiger partial charge on any atom is 0.243 e. The summed E-state index contributed by atoms with van der Waals surface area (Å²) in [4.78, 5) is 20.4. The van der Waals surface area contributed by atoms with Crippen molar-refractivity contribution in [3.63, 3.8) is 0 Å². The molecule has 2 heterocycles. The standard InChI is InChI=1S/C21H28N4O4S/c1-5-20(26)24-17-8-9-19(14(2)11-17)30(27,28)25-10-6-7-18(13-25)29-21-12-15(3)22-16(4)23-21/h8-9,11-12,18H,5-7,10,13H2,1-4H3,(H,24,26). The minimum absolute atomic E-state index is 0.115. The number of benzene rings is 1. The van der Waals surface area contributed by atoms with Gasteiger partial charge in [0, 0.05) is 30.4 Å². The Kier molecular flexibility index (Phi) is 6.72. The predicted molar refractivity (Wildman–Crippen MR) is 114 cm³/mol. The molecule has 1 aromatic carbocycles. The molecule has 1 aromatic heterocycles. The third kappa shape index (κ3) is 5.14. The Bertz CT molecular complexity index is 1020. The lowest BCUT2D eigenvalue weighted by molar-refractivity contribution is -0.115. The van der Waals surface area contributed by atoms with E-state index in [2.05, 4.69) is 15.3 Å². The SMILES string of the molecule is CCC(=O)Nc1ccc(S(=O)(=O)N2CCCC(Oc3cc(C)nc(C)n3)C2)c(C)c1. The Labute approximate surface area is 177 Å². The zero-order valence-corrected chi connectivity index (χ0v) is 18.6. The monoisotopic (exact) mass is 432 g/mol. The molecule has 1 fully saturated rings. The van der Waals surface area contributed by atoms with E-state index >= 15 is 0 Å². The van der Waals surface area contributed by atoms with Gasteiger partial charge >= 0.3 is 0 Å². The van der Waals surface area contributed by atoms with E-state index in [1.807, 2.05) is 6.92 Å². The van der Waals surface area contributed by atoms with Crippen LogP contribution in [0.3, 0.4) is 0 Å². The smallest absolute Gasteiger partial charge is 0.243 e. The maximum atomic E-state index is 13.3. The van der Waals surface area contributed by atoms with Gasteiger partial charge in [-0.25, -0.2) is 13.4 Å². The van der Waals surface area contributed by atoms with Crippen LogP contribution in [0.15, 0.2) is 29.2 Å². The van der Waals surface area contributed by atoms with Crippen LogP contribution in [0.5, 0.6) is 5.88 Å². The third-order valence-corrected chi connectivity index (χ3v) is 6.99. The molecule has 1 N–H and O–H groups in total. The predicted octanol–water partition coefficient (Wildman–Crippen LogP) is 2.98. The van der Waals surface area contributed by atoms with Gasteiger partial charge in [-0.05, 0) is 57.4 Å². The lowest BCUT2D eigenvalue weighted by Crippen LogP contribution is -2.44. The number of carbonyl (C=O) groups excluding carboxylic acids is 1. The van der Waals surface area contributed by atoms with Gasteiger partial charge in [0.15, 0.2) is 0 Å². The molecule has 8 nitrogen and oxygen atoms in total. The Morgan fingerprint density at radius 3 is 2.67 bits per heavy atom. The minimum atomic E-state index is -3.68. The van der Waals surface area contributed by atoms with Crippen LogP contribution in [0.25, 0.3) is 0 Å². The highest BCUT2D eigenvalue weighted by Crippen LogP contribution is 2.27. The van der Waals surface area contributed by atoms with Crippen LogP contribution in [0.2, 0.25) is 0 Å². The summed E-state index contributed by atoms with van der Waals surface area (Å²) in [7, 11) is -3.68. The Morgan fingerprint density at radius 1 is 1.23 bits per heavy atom. The summed E-state index contributed by atoms with van der Waals surface area (Å²) in [6.07, 6.45) is 1.55. The molecule has 2 aromatic rings. The highest BCUT2D eigenvalue weighted by atomic mass is 32.2. The van der Waals surface area contributed by atoms with Gasteiger partial charge in [0.25, 0.3) is 0 Å². The number of piperidine rings is 1. The number of rotatable bonds is 6. The van der Waals surface area contributed by atoms with E-state index in [1.165, 1.54) is 4.31 Å². The normalized spacial score (nSPS) is 17.5. The van der Waals surface area contributed by atoms with Gasteiger partial charge in [-0.15, -0.1) is 0 Å². The summed E-state index contributed by atoms with van der Waals surface area (Å²) in [6, 6.07) is 6.62. The number of nitrogens with zero attached hydrogens (tertiary/aromatic N) is 3. The van der Waals surface area contributed by atoms with Gasteiger partial charge in [-0.1, -0.05) is 6.92 Å². The van der Waals surface area contributed by atoms with Crippen LogP contribution >= 0.6 is 0 Å². The summed E-state index contributed by atoms with van der Waals surface area (Å²) in [5, 5.41) is 2.75. The minimum Gasteiger partial charge on any atom is -0.473 e. The summed E-state index contributed by atoms with van der Waals surface area (Å²) >= 11 is 0. The molecule has 1 atom stereocenters. The zero-order valence-electron chi connectivity index (χ0n) is 17.8. The molecule has 0 aliphatic carbocycles. The lowest BCUT2D eigenvalue weighted by atomic mass is 10.1. The molecular formula is C21H28N4O4S. The van der Waals surface area contributed by atoms with Gasteiger partial charge in [0.05, 0.1) is 11.4 Å². The van der Waals surface area contributed by atoms with E-state index in [0.29, 0.717) is 42.3 Å². The quantitative estimate of drug-likeness (QED) is 0.753. The van der Waals surface area contributed by atoms with Gasteiger partial charge in [0.1, 0.15) is 11.9 Å². The van der Waals surface area contributed by atoms with E-state index < -0.39 is 10.0 Å². The number of hydrogen-bond acceptors (Lipinski definition) is 6. The molecule has 1 saturated heterocycles. The molecule has 30 heavy (non-hydrogen) atoms. The molecule has 1 unspecified atom stereocenters. The first kappa shape index (κ1) is 22.2. The average Bonchev–Trinajstić information content (AvgIpc) is 2.67. The van der Waals surface area contributed by atoms with E-state index in [9.17, 15) is 13.2 Å². The van der Waals surface area contributed by atoms with Gasteiger partial charge < -0.3 is 10.1 Å². The second kappa shape index (κ2) is 9.09. The number of aromatic nitrogens is 2. The molecule has 9 heteroatoms. The molecule has 1 aliphatic heterocycles. The molecule has 1 amide bonds. The molecule has 1 aliphatic rings. The maximum absolute atomic E-state index is 13.3. The third-order valence-electron chi connectivity index (χ3n) is 4.97. The zero-order chi connectivity index (χ0) is 21.9. The fraction of sp³-hybridized carbons (Fsp3) is 0.476. The summed E-state index contributed by atoms with van der Waals surface area (Å²) in [5.41, 5.74) is 1.99. The highest BCUT2D eigenvalue weighted by molar-refractivity contribution is 7.89. The number of carbonyl (C=O) groups is 1. The van der Waals surface area contributed by atoms with Crippen molar-refractivity contribution >= 4 is 21.6 Å². The second-order valence-electron chi connectivity index (χ2n) is 7.52. The van der Waals surface area contributed by atoms with Crippen LogP contribution in [0.4, 0.5) is 5.69 Å². The largest absolute Gasteiger partial charge is 0.473 e. The molecule has 3 rings (SSSR count). The number of anilines is 1. The molecule has 0 radical (unpaired) electrons. The highest BCUT2D eigenvalue weighted by Gasteiger charge is 2.32. The van der Waals surface area contributed by atoms with Crippen LogP contribution in [0.1, 0.15) is 43.3 Å². The first-order valence-corrected chi connectivity index (χ1v) is 11.5. The second-order valence-corrected chi connectivity index (χ2v) is 9.43. The summed E-state index contributed by atoms with van der Waals surface area (Å²) in [6.45, 7) is 7.87. The van der Waals surface area contributed by atoms with Crippen molar-refractivity contribution in [1.82, 2.24) is 14.3 Å². The number of amides is 1. The lowest BCUT2D eigenvalue weighted by Gasteiger charge is -2.32. The van der Waals surface area contributed by atoms with Crippen molar-refractivity contribution in [2.75, 3.05) is 18.4 Å². The number of nitrogens with one attached hydrogen (secondary N) is 1. The van der Waals surface area contributed by atoms with Crippen LogP contribution in [0, 0.1) is 20.8 Å². The van der Waals surface area contributed by atoms with E-state index in [0.717, 1.165) is 12.1 Å². The fourth-order valence-corrected chi connectivity index (χ4v) is 5.25. The molecule has 162 valence electrons. The Balaban J connectivity index is 1.76. The van der Waals surface area contributed by atoms with Gasteiger partial charge in [-0.2, -0.15) is 9.29 Å². The topological polar surface area (TPSA) is 101 Å². The van der Waals surface area contributed by atoms with E-state index in [4.69, 9.17) is 4.74 Å². The number of hydrogen-bond donors (Lipinski definition) is 1. The van der Waals surface area contributed by atoms with Crippen molar-refractivity contribution in [3.05, 3.63) is 41.3 Å². The van der Waals surface area contributed by atoms with Crippen molar-refractivity contribution in [2.45, 2.75) is 58.0 Å². The number of ether oxygens (including phenoxy) is 1. The van der Waals surface area contributed by atoms with E-state index in [1.54, 1.807) is 45.0 Å². The first-order chi connectivity index (χ1) is 14.2. The summed E-state index contributed by atoms with van der Waals surface area (Å²) in [5.74, 6) is 0.976. The summed E-state index contributed by atoms with van der Waals surface area (Å²) < 4.78 is 34.0. The fourth-order valence-electron chi connectivity index (χ4n) is 3.54. The van der Waals surface area contributed by atoms with Crippen molar-refractivity contribution < 1.29 is 17.9 Å². The Morgan fingerprint density at radius 2 is 2.00 bits per heavy atom. The van der Waals surface area contributed by atoms with Crippen LogP contribution < -0.4 is 10.1 Å². The van der Waals surface area contributed by atoms with Crippen LogP contribution in [-0.2, 0) is 14.8 Å². The van der Waals surface area contributed by atoms with Crippen molar-refractivity contribution in [2.24, 2.45) is 0 Å². The van der Waals surface area contributed by atoms with Gasteiger partial charge in [-0.3, -0.25) is 4.79 Å². The van der Waals surface area contributed by atoms with E-state index in [-0.39, 0.29) is 23.5 Å². The average molecular weight is 433 g/mol. The van der Waals surface area contributed by atoms with Crippen LogP contribution in [-0.4, -0.2) is 47.8 Å². The van der Waals surface area contributed by atoms with Gasteiger partial charge in [0.2, 0.25) is 21.8 Å². The molecule has 0 saturated carbocycles. The number of aryl methyl sites for hydroxylation is 3. The van der Waals surface area contributed by atoms with Crippen molar-refractivity contribution in [3.8, 4) is 5.88 Å². The Hall–Kier alpha value is -2.52. The molecule has 0 bridgehead atoms. The first-order valence-electron chi connectivity index (χ1n) is 10.1.